The molecule has 0 unspecified atom stereocenters. The van der Waals surface area contributed by atoms with Crippen LogP contribution in [0.3, 0.4) is 0 Å². The number of methoxy groups -OCH3 is 1. The first-order chi connectivity index (χ1) is 12.2. The minimum atomic E-state index is -0.169. The third kappa shape index (κ3) is 2.76. The number of benzene rings is 3. The lowest BCUT2D eigenvalue weighted by molar-refractivity contribution is -0.119. The fourth-order valence-electron chi connectivity index (χ4n) is 3.58. The molecule has 0 aromatic heterocycles. The number of nitrogens with zero attached hydrogens (tertiary/aromatic N) is 1. The van der Waals surface area contributed by atoms with Gasteiger partial charge in [0.15, 0.2) is 0 Å². The van der Waals surface area contributed by atoms with Crippen molar-refractivity contribution < 1.29 is 9.53 Å². The highest BCUT2D eigenvalue weighted by atomic mass is 16.5. The van der Waals surface area contributed by atoms with Gasteiger partial charge in [-0.15, -0.1) is 0 Å². The van der Waals surface area contributed by atoms with Crippen LogP contribution < -0.4 is 9.64 Å². The number of amides is 1. The van der Waals surface area contributed by atoms with Crippen molar-refractivity contribution in [3.8, 4) is 5.75 Å². The Balaban J connectivity index is 1.63. The van der Waals surface area contributed by atoms with Gasteiger partial charge in [-0.2, -0.15) is 0 Å². The maximum atomic E-state index is 13.1. The number of anilines is 1. The summed E-state index contributed by atoms with van der Waals surface area (Å²) in [6, 6.07) is 20.4. The van der Waals surface area contributed by atoms with E-state index in [4.69, 9.17) is 4.74 Å². The molecule has 3 aromatic carbocycles. The second kappa shape index (κ2) is 6.25. The molecule has 0 spiro atoms. The molecule has 4 rings (SSSR count). The van der Waals surface area contributed by atoms with Crippen molar-refractivity contribution in [2.45, 2.75) is 19.3 Å². The first-order valence-corrected chi connectivity index (χ1v) is 8.64. The summed E-state index contributed by atoms with van der Waals surface area (Å²) in [5.74, 6) is 0.841. The molecule has 3 nitrogen and oxygen atoms in total. The molecule has 1 aliphatic heterocycles. The van der Waals surface area contributed by atoms with Crippen molar-refractivity contribution in [2.24, 2.45) is 0 Å². The number of hydrogen-bond donors (Lipinski definition) is 0. The third-order valence-corrected chi connectivity index (χ3v) is 5.10. The normalized spacial score (nSPS) is 14.4. The maximum Gasteiger partial charge on any atom is 0.234 e. The summed E-state index contributed by atoms with van der Waals surface area (Å²) in [5.41, 5.74) is 3.37. The Morgan fingerprint density at radius 2 is 1.80 bits per heavy atom. The van der Waals surface area contributed by atoms with Crippen LogP contribution in [0.4, 0.5) is 5.69 Å². The van der Waals surface area contributed by atoms with Crippen LogP contribution in [0.15, 0.2) is 60.7 Å². The van der Waals surface area contributed by atoms with Gasteiger partial charge in [-0.1, -0.05) is 42.5 Å². The van der Waals surface area contributed by atoms with Crippen LogP contribution >= 0.6 is 0 Å². The monoisotopic (exact) mass is 331 g/mol. The van der Waals surface area contributed by atoms with Crippen molar-refractivity contribution >= 4 is 22.4 Å². The Bertz CT molecular complexity index is 948. The van der Waals surface area contributed by atoms with Gasteiger partial charge in [0.2, 0.25) is 5.91 Å². The predicted octanol–water partition coefficient (Wildman–Crippen LogP) is 4.54. The number of fused-ring (bicyclic) bond motifs is 2. The zero-order valence-electron chi connectivity index (χ0n) is 14.5. The molecule has 1 heterocycles. The first-order valence-electron chi connectivity index (χ1n) is 8.64. The standard InChI is InChI=1S/C22H21NO2/c1-15(22(24)23-12-11-16-5-3-4-6-21(16)23)17-7-8-19-14-20(25-2)10-9-18(19)13-17/h3-10,13-15H,11-12H2,1-2H3/t15-/m0/s1. The fraction of sp³-hybridized carbons (Fsp3) is 0.227. The Labute approximate surface area is 147 Å². The van der Waals surface area contributed by atoms with E-state index in [1.807, 2.05) is 54.3 Å². The number of ether oxygens (including phenoxy) is 1. The Morgan fingerprint density at radius 3 is 2.64 bits per heavy atom. The molecule has 3 heteroatoms. The summed E-state index contributed by atoms with van der Waals surface area (Å²) in [6.07, 6.45) is 0.937. The van der Waals surface area contributed by atoms with E-state index in [0.29, 0.717) is 0 Å². The summed E-state index contributed by atoms with van der Waals surface area (Å²) in [4.78, 5) is 15.0. The van der Waals surface area contributed by atoms with Gasteiger partial charge in [-0.05, 0) is 53.4 Å². The second-order valence-electron chi connectivity index (χ2n) is 6.56. The van der Waals surface area contributed by atoms with E-state index < -0.39 is 0 Å². The molecule has 0 aliphatic carbocycles. The van der Waals surface area contributed by atoms with E-state index in [1.54, 1.807) is 7.11 Å². The zero-order valence-corrected chi connectivity index (χ0v) is 14.5. The largest absolute Gasteiger partial charge is 0.497 e. The van der Waals surface area contributed by atoms with Gasteiger partial charge in [0.1, 0.15) is 5.75 Å². The lowest BCUT2D eigenvalue weighted by Gasteiger charge is -2.22. The molecule has 1 aliphatic rings. The summed E-state index contributed by atoms with van der Waals surface area (Å²) < 4.78 is 5.28. The Hall–Kier alpha value is -2.81. The van der Waals surface area contributed by atoms with E-state index in [-0.39, 0.29) is 11.8 Å². The van der Waals surface area contributed by atoms with Crippen molar-refractivity contribution in [1.82, 2.24) is 0 Å². The molecule has 3 aromatic rings. The van der Waals surface area contributed by atoms with E-state index in [9.17, 15) is 4.79 Å². The van der Waals surface area contributed by atoms with Crippen molar-refractivity contribution in [3.63, 3.8) is 0 Å². The van der Waals surface area contributed by atoms with Crippen LogP contribution in [-0.2, 0) is 11.2 Å². The first kappa shape index (κ1) is 15.7. The average Bonchev–Trinajstić information content (AvgIpc) is 3.10. The number of carbonyl (C=O) groups excluding carboxylic acids is 1. The topological polar surface area (TPSA) is 29.5 Å². The molecule has 1 amide bonds. The fourth-order valence-corrected chi connectivity index (χ4v) is 3.58. The van der Waals surface area contributed by atoms with Crippen LogP contribution in [0.5, 0.6) is 5.75 Å². The van der Waals surface area contributed by atoms with Gasteiger partial charge in [0.25, 0.3) is 0 Å². The minimum absolute atomic E-state index is 0.165. The smallest absolute Gasteiger partial charge is 0.234 e. The van der Waals surface area contributed by atoms with Gasteiger partial charge < -0.3 is 9.64 Å². The number of hydrogen-bond acceptors (Lipinski definition) is 2. The number of carbonyl (C=O) groups is 1. The molecule has 0 radical (unpaired) electrons. The van der Waals surface area contributed by atoms with Crippen LogP contribution in [0.2, 0.25) is 0 Å². The van der Waals surface area contributed by atoms with Crippen LogP contribution in [0.25, 0.3) is 10.8 Å². The van der Waals surface area contributed by atoms with Crippen molar-refractivity contribution in [1.29, 1.82) is 0 Å². The van der Waals surface area contributed by atoms with Crippen molar-refractivity contribution in [2.75, 3.05) is 18.6 Å². The molecule has 0 bridgehead atoms. The van der Waals surface area contributed by atoms with E-state index in [1.165, 1.54) is 5.56 Å². The maximum absolute atomic E-state index is 13.1. The molecule has 0 N–H and O–H groups in total. The summed E-state index contributed by atoms with van der Waals surface area (Å²) in [7, 11) is 1.67. The zero-order chi connectivity index (χ0) is 17.4. The quantitative estimate of drug-likeness (QED) is 0.705. The van der Waals surface area contributed by atoms with Crippen LogP contribution in [0.1, 0.15) is 24.0 Å². The molecule has 1 atom stereocenters. The lowest BCUT2D eigenvalue weighted by Crippen LogP contribution is -2.32. The van der Waals surface area contributed by atoms with Crippen LogP contribution in [0, 0.1) is 0 Å². The summed E-state index contributed by atoms with van der Waals surface area (Å²) >= 11 is 0. The molecule has 0 fully saturated rings. The SMILES string of the molecule is COc1ccc2cc([C@H](C)C(=O)N3CCc4ccccc43)ccc2c1. The molecule has 25 heavy (non-hydrogen) atoms. The van der Waals surface area contributed by atoms with Crippen molar-refractivity contribution in [3.05, 3.63) is 71.8 Å². The highest BCUT2D eigenvalue weighted by molar-refractivity contribution is 6.00. The number of rotatable bonds is 3. The van der Waals surface area contributed by atoms with E-state index in [0.717, 1.165) is 40.7 Å². The highest BCUT2D eigenvalue weighted by Crippen LogP contribution is 2.32. The summed E-state index contributed by atoms with van der Waals surface area (Å²) in [6.45, 7) is 2.77. The molecular formula is C22H21NO2. The molecule has 126 valence electrons. The minimum Gasteiger partial charge on any atom is -0.497 e. The molecule has 0 saturated carbocycles. The number of para-hydroxylation sites is 1. The van der Waals surface area contributed by atoms with Gasteiger partial charge in [-0.3, -0.25) is 4.79 Å². The van der Waals surface area contributed by atoms with Gasteiger partial charge in [-0.25, -0.2) is 0 Å². The summed E-state index contributed by atoms with van der Waals surface area (Å²) in [5, 5.41) is 2.24. The predicted molar refractivity (Wildman–Crippen MR) is 101 cm³/mol. The third-order valence-electron chi connectivity index (χ3n) is 5.10. The molecular weight excluding hydrogens is 310 g/mol. The van der Waals surface area contributed by atoms with Gasteiger partial charge >= 0.3 is 0 Å². The van der Waals surface area contributed by atoms with E-state index in [2.05, 4.69) is 18.2 Å². The Kier molecular flexibility index (Phi) is 3.92. The van der Waals surface area contributed by atoms with Gasteiger partial charge in [0, 0.05) is 12.2 Å². The highest BCUT2D eigenvalue weighted by Gasteiger charge is 2.28. The van der Waals surface area contributed by atoms with Gasteiger partial charge in [0.05, 0.1) is 13.0 Å². The molecule has 0 saturated heterocycles. The second-order valence-corrected chi connectivity index (χ2v) is 6.56. The van der Waals surface area contributed by atoms with E-state index >= 15 is 0 Å². The Morgan fingerprint density at radius 1 is 1.04 bits per heavy atom. The lowest BCUT2D eigenvalue weighted by atomic mass is 9.96. The average molecular weight is 331 g/mol. The van der Waals surface area contributed by atoms with Crippen LogP contribution in [-0.4, -0.2) is 19.6 Å².